The fourth-order valence-corrected chi connectivity index (χ4v) is 2.64. The van der Waals surface area contributed by atoms with Crippen LogP contribution in [0.15, 0.2) is 12.2 Å². The molecule has 1 saturated heterocycles. The summed E-state index contributed by atoms with van der Waals surface area (Å²) in [4.78, 5) is 22.2. The summed E-state index contributed by atoms with van der Waals surface area (Å²) >= 11 is 2.19. The average Bonchev–Trinajstić information content (AvgIpc) is 2.29. The van der Waals surface area contributed by atoms with Crippen LogP contribution in [-0.2, 0) is 14.3 Å². The zero-order chi connectivity index (χ0) is 8.72. The van der Waals surface area contributed by atoms with Crippen LogP contribution in [-0.4, -0.2) is 15.9 Å². The van der Waals surface area contributed by atoms with E-state index in [9.17, 15) is 9.59 Å². The fraction of sp³-hybridized carbons (Fsp3) is 0.500. The van der Waals surface area contributed by atoms with Crippen molar-refractivity contribution < 1.29 is 14.3 Å². The predicted octanol–water partition coefficient (Wildman–Crippen LogP) is 1.07. The second-order valence-corrected chi connectivity index (χ2v) is 4.57. The van der Waals surface area contributed by atoms with E-state index in [1.807, 2.05) is 6.08 Å². The Morgan fingerprint density at radius 2 is 2.17 bits per heavy atom. The molecule has 3 atom stereocenters. The number of esters is 2. The van der Waals surface area contributed by atoms with E-state index in [2.05, 4.69) is 27.3 Å². The minimum absolute atomic E-state index is 0.205. The molecule has 2 rings (SSSR count). The molecule has 1 heterocycles. The Labute approximate surface area is 83.3 Å². The molecular weight excluding hydrogens is 271 g/mol. The number of ether oxygens (including phenoxy) is 1. The number of carbonyl (C=O) groups is 2. The summed E-state index contributed by atoms with van der Waals surface area (Å²) in [6.45, 7) is 0. The first kappa shape index (κ1) is 8.22. The van der Waals surface area contributed by atoms with Crippen LogP contribution in [0.5, 0.6) is 0 Å². The maximum atomic E-state index is 11.1. The van der Waals surface area contributed by atoms with Crippen LogP contribution < -0.4 is 0 Å². The minimum Gasteiger partial charge on any atom is -0.392 e. The van der Waals surface area contributed by atoms with Gasteiger partial charge in [0.05, 0.1) is 11.8 Å². The smallest absolute Gasteiger partial charge is 0.321 e. The molecule has 0 aromatic carbocycles. The van der Waals surface area contributed by atoms with Gasteiger partial charge < -0.3 is 4.74 Å². The molecule has 12 heavy (non-hydrogen) atoms. The molecule has 1 aliphatic heterocycles. The summed E-state index contributed by atoms with van der Waals surface area (Å²) in [5.74, 6) is -1.28. The van der Waals surface area contributed by atoms with Crippen molar-refractivity contribution >= 4 is 34.5 Å². The van der Waals surface area contributed by atoms with E-state index in [-0.39, 0.29) is 27.7 Å². The van der Waals surface area contributed by atoms with Gasteiger partial charge in [0.1, 0.15) is 0 Å². The molecule has 3 nitrogen and oxygen atoms in total. The summed E-state index contributed by atoms with van der Waals surface area (Å²) in [7, 11) is 0. The van der Waals surface area contributed by atoms with Gasteiger partial charge in [-0.3, -0.25) is 9.59 Å². The first-order valence-corrected chi connectivity index (χ1v) is 5.01. The highest BCUT2D eigenvalue weighted by Gasteiger charge is 2.47. The van der Waals surface area contributed by atoms with Crippen LogP contribution in [0.4, 0.5) is 0 Å². The molecule has 0 N–H and O–H groups in total. The largest absolute Gasteiger partial charge is 0.392 e. The van der Waals surface area contributed by atoms with Gasteiger partial charge in [-0.2, -0.15) is 0 Å². The molecule has 3 unspecified atom stereocenters. The highest BCUT2D eigenvalue weighted by Crippen LogP contribution is 2.36. The number of cyclic esters (lactones) is 2. The SMILES string of the molecule is O=C1OC(=O)C2C(I)CC=CC12. The first-order valence-electron chi connectivity index (χ1n) is 3.76. The van der Waals surface area contributed by atoms with Gasteiger partial charge in [0.2, 0.25) is 0 Å². The Balaban J connectivity index is 2.34. The molecule has 0 aromatic rings. The van der Waals surface area contributed by atoms with Crippen LogP contribution in [0, 0.1) is 11.8 Å². The van der Waals surface area contributed by atoms with Gasteiger partial charge in [-0.1, -0.05) is 34.7 Å². The first-order chi connectivity index (χ1) is 5.70. The number of fused-ring (bicyclic) bond motifs is 1. The van der Waals surface area contributed by atoms with Crippen LogP contribution in [0.1, 0.15) is 6.42 Å². The summed E-state index contributed by atoms with van der Waals surface area (Å²) in [6, 6.07) is 0. The molecule has 0 saturated carbocycles. The van der Waals surface area contributed by atoms with Crippen molar-refractivity contribution in [2.24, 2.45) is 11.8 Å². The van der Waals surface area contributed by atoms with Crippen molar-refractivity contribution in [1.29, 1.82) is 0 Å². The fourth-order valence-electron chi connectivity index (χ4n) is 1.60. The topological polar surface area (TPSA) is 43.4 Å². The van der Waals surface area contributed by atoms with Crippen molar-refractivity contribution in [3.63, 3.8) is 0 Å². The number of alkyl halides is 1. The quantitative estimate of drug-likeness (QED) is 0.219. The highest BCUT2D eigenvalue weighted by molar-refractivity contribution is 14.1. The molecule has 0 bridgehead atoms. The summed E-state index contributed by atoms with van der Waals surface area (Å²) < 4.78 is 4.75. The molecule has 0 aromatic heterocycles. The van der Waals surface area contributed by atoms with Crippen molar-refractivity contribution in [3.8, 4) is 0 Å². The van der Waals surface area contributed by atoms with Crippen molar-refractivity contribution in [2.75, 3.05) is 0 Å². The van der Waals surface area contributed by atoms with Crippen molar-refractivity contribution in [1.82, 2.24) is 0 Å². The zero-order valence-electron chi connectivity index (χ0n) is 6.20. The molecule has 64 valence electrons. The molecule has 0 spiro atoms. The van der Waals surface area contributed by atoms with Gasteiger partial charge in [-0.25, -0.2) is 0 Å². The monoisotopic (exact) mass is 278 g/mol. The summed E-state index contributed by atoms with van der Waals surface area (Å²) in [5.41, 5.74) is 0. The summed E-state index contributed by atoms with van der Waals surface area (Å²) in [6.07, 6.45) is 4.58. The van der Waals surface area contributed by atoms with Gasteiger partial charge in [-0.05, 0) is 6.42 Å². The Kier molecular flexibility index (Phi) is 1.94. The second-order valence-electron chi connectivity index (χ2n) is 2.97. The molecule has 0 amide bonds. The third-order valence-electron chi connectivity index (χ3n) is 2.23. The van der Waals surface area contributed by atoms with Gasteiger partial charge in [0.25, 0.3) is 0 Å². The Morgan fingerprint density at radius 1 is 1.42 bits per heavy atom. The normalized spacial score (nSPS) is 39.6. The third-order valence-corrected chi connectivity index (χ3v) is 3.51. The van der Waals surface area contributed by atoms with E-state index in [1.165, 1.54) is 0 Å². The van der Waals surface area contributed by atoms with Crippen molar-refractivity contribution in [2.45, 2.75) is 10.3 Å². The van der Waals surface area contributed by atoms with Crippen LogP contribution in [0.3, 0.4) is 0 Å². The number of allylic oxidation sites excluding steroid dienone is 1. The van der Waals surface area contributed by atoms with Gasteiger partial charge in [0, 0.05) is 3.92 Å². The average molecular weight is 278 g/mol. The Bertz CT molecular complexity index is 271. The molecule has 1 aliphatic carbocycles. The van der Waals surface area contributed by atoms with E-state index < -0.39 is 0 Å². The number of hydrogen-bond acceptors (Lipinski definition) is 3. The van der Waals surface area contributed by atoms with E-state index >= 15 is 0 Å². The number of carbonyl (C=O) groups excluding carboxylic acids is 2. The van der Waals surface area contributed by atoms with E-state index in [4.69, 9.17) is 0 Å². The van der Waals surface area contributed by atoms with Gasteiger partial charge in [0.15, 0.2) is 0 Å². The number of hydrogen-bond donors (Lipinski definition) is 0. The minimum atomic E-state index is -0.386. The predicted molar refractivity (Wildman–Crippen MR) is 49.6 cm³/mol. The lowest BCUT2D eigenvalue weighted by atomic mass is 9.86. The van der Waals surface area contributed by atoms with E-state index in [1.54, 1.807) is 6.08 Å². The van der Waals surface area contributed by atoms with Gasteiger partial charge in [-0.15, -0.1) is 0 Å². The zero-order valence-corrected chi connectivity index (χ0v) is 8.35. The third kappa shape index (κ3) is 1.09. The van der Waals surface area contributed by atoms with E-state index in [0.717, 1.165) is 6.42 Å². The maximum Gasteiger partial charge on any atom is 0.321 e. The van der Waals surface area contributed by atoms with Crippen LogP contribution in [0.2, 0.25) is 0 Å². The van der Waals surface area contributed by atoms with Crippen LogP contribution in [0.25, 0.3) is 0 Å². The van der Waals surface area contributed by atoms with Crippen LogP contribution >= 0.6 is 22.6 Å². The number of rotatable bonds is 0. The van der Waals surface area contributed by atoms with Crippen molar-refractivity contribution in [3.05, 3.63) is 12.2 Å². The lowest BCUT2D eigenvalue weighted by Gasteiger charge is -2.19. The molecule has 2 aliphatic rings. The lowest BCUT2D eigenvalue weighted by Crippen LogP contribution is -2.27. The standard InChI is InChI=1S/C8H7IO3/c9-5-3-1-2-4-6(5)8(11)12-7(4)10/h1-2,4-6H,3H2. The van der Waals surface area contributed by atoms with Gasteiger partial charge >= 0.3 is 11.9 Å². The molecule has 4 heteroatoms. The van der Waals surface area contributed by atoms with E-state index in [0.29, 0.717) is 0 Å². The number of halogens is 1. The maximum absolute atomic E-state index is 11.1. The summed E-state index contributed by atoms with van der Waals surface area (Å²) in [5, 5.41) is 0. The Morgan fingerprint density at radius 3 is 2.83 bits per heavy atom. The highest BCUT2D eigenvalue weighted by atomic mass is 127. The molecule has 0 radical (unpaired) electrons. The second kappa shape index (κ2) is 2.83. The molecule has 1 fully saturated rings. The lowest BCUT2D eigenvalue weighted by molar-refractivity contribution is -0.153. The Hall–Kier alpha value is -0.390. The molecular formula is C8H7IO3.